The number of halogens is 2. The number of ether oxygens (including phenoxy) is 1. The van der Waals surface area contributed by atoms with E-state index in [9.17, 15) is 8.78 Å². The van der Waals surface area contributed by atoms with E-state index in [4.69, 9.17) is 4.74 Å². The largest absolute Gasteiger partial charge is 0.376 e. The summed E-state index contributed by atoms with van der Waals surface area (Å²) in [6.45, 7) is 6.40. The van der Waals surface area contributed by atoms with Crippen molar-refractivity contribution in [2.75, 3.05) is 13.7 Å². The van der Waals surface area contributed by atoms with Crippen LogP contribution in [0.25, 0.3) is 0 Å². The van der Waals surface area contributed by atoms with Crippen molar-refractivity contribution in [3.05, 3.63) is 35.4 Å². The van der Waals surface area contributed by atoms with Crippen LogP contribution in [0.5, 0.6) is 0 Å². The minimum Gasteiger partial charge on any atom is -0.376 e. The van der Waals surface area contributed by atoms with Crippen LogP contribution in [0.15, 0.2) is 18.2 Å². The van der Waals surface area contributed by atoms with Crippen LogP contribution in [0.4, 0.5) is 8.78 Å². The Bertz CT molecular complexity index is 382. The first kappa shape index (κ1) is 15.1. The lowest BCUT2D eigenvalue weighted by atomic mass is 10.1. The number of rotatable bonds is 6. The number of hydrogen-bond donors (Lipinski definition) is 1. The van der Waals surface area contributed by atoms with Crippen molar-refractivity contribution in [1.29, 1.82) is 0 Å². The van der Waals surface area contributed by atoms with E-state index in [1.807, 2.05) is 6.92 Å². The molecule has 1 aromatic rings. The fraction of sp³-hybridized carbons (Fsp3) is 0.571. The average Bonchev–Trinajstić information content (AvgIpc) is 2.34. The second-order valence-corrected chi connectivity index (χ2v) is 4.77. The lowest BCUT2D eigenvalue weighted by Gasteiger charge is -2.22. The number of likely N-dealkylation sites (N-methyl/N-ethyl adjacent to an activating group) is 1. The highest BCUT2D eigenvalue weighted by Crippen LogP contribution is 2.20. The molecule has 2 atom stereocenters. The van der Waals surface area contributed by atoms with Crippen LogP contribution in [0.3, 0.4) is 0 Å². The SMILES string of the molecule is CNC(COC(C)C(C)C)c1cccc(F)c1F. The van der Waals surface area contributed by atoms with Gasteiger partial charge in [0, 0.05) is 5.56 Å². The molecule has 0 bridgehead atoms. The molecule has 0 heterocycles. The first-order chi connectivity index (χ1) is 8.47. The predicted molar refractivity (Wildman–Crippen MR) is 68.4 cm³/mol. The van der Waals surface area contributed by atoms with Crippen molar-refractivity contribution in [2.45, 2.75) is 32.9 Å². The van der Waals surface area contributed by atoms with Gasteiger partial charge < -0.3 is 10.1 Å². The molecule has 2 nitrogen and oxygen atoms in total. The van der Waals surface area contributed by atoms with Crippen LogP contribution in [0.2, 0.25) is 0 Å². The maximum Gasteiger partial charge on any atom is 0.163 e. The third-order valence-corrected chi connectivity index (χ3v) is 3.17. The van der Waals surface area contributed by atoms with E-state index in [2.05, 4.69) is 19.2 Å². The second-order valence-electron chi connectivity index (χ2n) is 4.77. The molecule has 0 aliphatic rings. The van der Waals surface area contributed by atoms with Crippen molar-refractivity contribution in [2.24, 2.45) is 5.92 Å². The zero-order valence-electron chi connectivity index (χ0n) is 11.3. The summed E-state index contributed by atoms with van der Waals surface area (Å²) in [6.07, 6.45) is 0.0810. The van der Waals surface area contributed by atoms with Gasteiger partial charge in [-0.25, -0.2) is 8.78 Å². The molecule has 1 rings (SSSR count). The summed E-state index contributed by atoms with van der Waals surface area (Å²) in [5.74, 6) is -1.25. The summed E-state index contributed by atoms with van der Waals surface area (Å²) < 4.78 is 32.5. The van der Waals surface area contributed by atoms with Crippen molar-refractivity contribution in [1.82, 2.24) is 5.32 Å². The summed E-state index contributed by atoms with van der Waals surface area (Å²) in [6, 6.07) is 3.85. The molecule has 4 heteroatoms. The van der Waals surface area contributed by atoms with Crippen LogP contribution in [0, 0.1) is 17.6 Å². The van der Waals surface area contributed by atoms with Crippen LogP contribution < -0.4 is 5.32 Å². The van der Waals surface area contributed by atoms with Gasteiger partial charge in [0.25, 0.3) is 0 Å². The molecule has 2 unspecified atom stereocenters. The Morgan fingerprint density at radius 3 is 2.44 bits per heavy atom. The Morgan fingerprint density at radius 2 is 1.89 bits per heavy atom. The van der Waals surface area contributed by atoms with E-state index in [1.165, 1.54) is 6.07 Å². The summed E-state index contributed by atoms with van der Waals surface area (Å²) >= 11 is 0. The highest BCUT2D eigenvalue weighted by Gasteiger charge is 2.18. The number of nitrogens with one attached hydrogen (secondary N) is 1. The molecule has 0 aromatic heterocycles. The molecular weight excluding hydrogens is 236 g/mol. The van der Waals surface area contributed by atoms with Gasteiger partial charge in [-0.3, -0.25) is 0 Å². The van der Waals surface area contributed by atoms with Crippen LogP contribution in [-0.4, -0.2) is 19.8 Å². The molecule has 0 saturated heterocycles. The van der Waals surface area contributed by atoms with E-state index in [0.717, 1.165) is 6.07 Å². The molecule has 18 heavy (non-hydrogen) atoms. The van der Waals surface area contributed by atoms with Gasteiger partial charge in [0.15, 0.2) is 11.6 Å². The van der Waals surface area contributed by atoms with Gasteiger partial charge in [-0.15, -0.1) is 0 Å². The third-order valence-electron chi connectivity index (χ3n) is 3.17. The van der Waals surface area contributed by atoms with Gasteiger partial charge in [0.2, 0.25) is 0 Å². The minimum atomic E-state index is -0.829. The van der Waals surface area contributed by atoms with Crippen LogP contribution in [-0.2, 0) is 4.74 Å². The smallest absolute Gasteiger partial charge is 0.163 e. The summed E-state index contributed by atoms with van der Waals surface area (Å²) in [7, 11) is 1.71. The molecule has 0 aliphatic heterocycles. The van der Waals surface area contributed by atoms with E-state index >= 15 is 0 Å². The lowest BCUT2D eigenvalue weighted by molar-refractivity contribution is 0.0223. The quantitative estimate of drug-likeness (QED) is 0.844. The maximum absolute atomic E-state index is 13.7. The van der Waals surface area contributed by atoms with Gasteiger partial charge in [0.1, 0.15) is 0 Å². The Kier molecular flexibility index (Phi) is 5.69. The normalized spacial score (nSPS) is 14.8. The lowest BCUT2D eigenvalue weighted by Crippen LogP contribution is -2.27. The molecule has 0 fully saturated rings. The second kappa shape index (κ2) is 6.81. The van der Waals surface area contributed by atoms with Crippen molar-refractivity contribution in [3.63, 3.8) is 0 Å². The summed E-state index contributed by atoms with van der Waals surface area (Å²) in [4.78, 5) is 0. The van der Waals surface area contributed by atoms with Crippen LogP contribution >= 0.6 is 0 Å². The fourth-order valence-electron chi connectivity index (χ4n) is 1.56. The molecular formula is C14H21F2NO. The Morgan fingerprint density at radius 1 is 1.22 bits per heavy atom. The molecule has 0 spiro atoms. The third kappa shape index (κ3) is 3.75. The van der Waals surface area contributed by atoms with Crippen molar-refractivity contribution >= 4 is 0 Å². The zero-order chi connectivity index (χ0) is 13.7. The molecule has 0 aliphatic carbocycles. The summed E-state index contributed by atoms with van der Waals surface area (Å²) in [5.41, 5.74) is 0.299. The minimum absolute atomic E-state index is 0.0810. The molecule has 1 N–H and O–H groups in total. The van der Waals surface area contributed by atoms with E-state index in [-0.39, 0.29) is 12.1 Å². The van der Waals surface area contributed by atoms with E-state index in [0.29, 0.717) is 18.1 Å². The topological polar surface area (TPSA) is 21.3 Å². The van der Waals surface area contributed by atoms with Crippen molar-refractivity contribution < 1.29 is 13.5 Å². The first-order valence-corrected chi connectivity index (χ1v) is 6.20. The Balaban J connectivity index is 2.74. The Hall–Kier alpha value is -1.00. The highest BCUT2D eigenvalue weighted by molar-refractivity contribution is 5.22. The van der Waals surface area contributed by atoms with Gasteiger partial charge in [-0.05, 0) is 26.0 Å². The standard InChI is InChI=1S/C14H21F2NO/c1-9(2)10(3)18-8-13(17-4)11-6-5-7-12(15)14(11)16/h5-7,9-10,13,17H,8H2,1-4H3. The van der Waals surface area contributed by atoms with E-state index < -0.39 is 11.6 Å². The fourth-order valence-corrected chi connectivity index (χ4v) is 1.56. The monoisotopic (exact) mass is 257 g/mol. The van der Waals surface area contributed by atoms with Gasteiger partial charge in [-0.1, -0.05) is 26.0 Å². The number of benzene rings is 1. The molecule has 0 saturated carbocycles. The highest BCUT2D eigenvalue weighted by atomic mass is 19.2. The van der Waals surface area contributed by atoms with Crippen molar-refractivity contribution in [3.8, 4) is 0 Å². The number of hydrogen-bond acceptors (Lipinski definition) is 2. The molecule has 0 radical (unpaired) electrons. The maximum atomic E-state index is 13.7. The zero-order valence-corrected chi connectivity index (χ0v) is 11.3. The predicted octanol–water partition coefficient (Wildman–Crippen LogP) is 3.29. The van der Waals surface area contributed by atoms with Gasteiger partial charge in [-0.2, -0.15) is 0 Å². The summed E-state index contributed by atoms with van der Waals surface area (Å²) in [5, 5.41) is 2.95. The molecule has 102 valence electrons. The van der Waals surface area contributed by atoms with Gasteiger partial charge in [0.05, 0.1) is 18.8 Å². The van der Waals surface area contributed by atoms with Gasteiger partial charge >= 0.3 is 0 Å². The molecule has 0 amide bonds. The van der Waals surface area contributed by atoms with E-state index in [1.54, 1.807) is 13.1 Å². The first-order valence-electron chi connectivity index (χ1n) is 6.20. The average molecular weight is 257 g/mol. The Labute approximate surface area is 107 Å². The molecule has 1 aromatic carbocycles. The van der Waals surface area contributed by atoms with Crippen LogP contribution in [0.1, 0.15) is 32.4 Å².